The first-order valence-corrected chi connectivity index (χ1v) is 6.21. The van der Waals surface area contributed by atoms with Gasteiger partial charge in [-0.1, -0.05) is 30.3 Å². The summed E-state index contributed by atoms with van der Waals surface area (Å²) in [4.78, 5) is 10.4. The number of aliphatic carboxylic acids is 1. The van der Waals surface area contributed by atoms with Gasteiger partial charge in [0.25, 0.3) is 0 Å². The zero-order valence-electron chi connectivity index (χ0n) is 10.6. The molecule has 0 aliphatic heterocycles. The second-order valence-electron chi connectivity index (χ2n) is 4.30. The summed E-state index contributed by atoms with van der Waals surface area (Å²) < 4.78 is 1.84. The summed E-state index contributed by atoms with van der Waals surface area (Å²) in [6, 6.07) is 10.3. The molecule has 1 N–H and O–H groups in total. The van der Waals surface area contributed by atoms with Crippen LogP contribution < -0.4 is 0 Å². The van der Waals surface area contributed by atoms with E-state index >= 15 is 0 Å². The van der Waals surface area contributed by atoms with E-state index in [-0.39, 0.29) is 0 Å². The Labute approximate surface area is 112 Å². The molecule has 19 heavy (non-hydrogen) atoms. The number of nitrogens with zero attached hydrogens (tertiary/aromatic N) is 2. The van der Waals surface area contributed by atoms with Crippen LogP contribution in [0.5, 0.6) is 0 Å². The maximum absolute atomic E-state index is 10.4. The Morgan fingerprint density at radius 3 is 2.84 bits per heavy atom. The van der Waals surface area contributed by atoms with Crippen molar-refractivity contribution in [1.82, 2.24) is 9.78 Å². The van der Waals surface area contributed by atoms with Crippen LogP contribution in [0, 0.1) is 0 Å². The summed E-state index contributed by atoms with van der Waals surface area (Å²) in [5.74, 6) is -0.947. The van der Waals surface area contributed by atoms with Gasteiger partial charge in [0.2, 0.25) is 0 Å². The van der Waals surface area contributed by atoms with Gasteiger partial charge >= 0.3 is 5.97 Å². The van der Waals surface area contributed by atoms with E-state index in [0.29, 0.717) is 0 Å². The molecule has 2 rings (SSSR count). The Morgan fingerprint density at radius 2 is 2.11 bits per heavy atom. The van der Waals surface area contributed by atoms with Crippen molar-refractivity contribution >= 4 is 12.0 Å². The summed E-state index contributed by atoms with van der Waals surface area (Å²) in [5, 5.41) is 12.7. The molecule has 4 nitrogen and oxygen atoms in total. The molecule has 1 aromatic heterocycles. The largest absolute Gasteiger partial charge is 0.478 e. The van der Waals surface area contributed by atoms with Gasteiger partial charge < -0.3 is 5.11 Å². The highest BCUT2D eigenvalue weighted by atomic mass is 16.4. The summed E-state index contributed by atoms with van der Waals surface area (Å²) in [6.07, 6.45) is 8.20. The topological polar surface area (TPSA) is 55.1 Å². The molecule has 0 amide bonds. The molecule has 1 aromatic carbocycles. The average molecular weight is 256 g/mol. The minimum atomic E-state index is -0.947. The minimum Gasteiger partial charge on any atom is -0.478 e. The molecule has 0 aliphatic rings. The Hall–Kier alpha value is -2.36. The van der Waals surface area contributed by atoms with E-state index < -0.39 is 5.97 Å². The highest BCUT2D eigenvalue weighted by Crippen LogP contribution is 2.05. The maximum Gasteiger partial charge on any atom is 0.328 e. The van der Waals surface area contributed by atoms with Crippen LogP contribution in [0.1, 0.15) is 17.5 Å². The van der Waals surface area contributed by atoms with E-state index in [1.807, 2.05) is 29.1 Å². The first-order valence-electron chi connectivity index (χ1n) is 6.21. The monoisotopic (exact) mass is 256 g/mol. The number of aromatic nitrogens is 2. The lowest BCUT2D eigenvalue weighted by Crippen LogP contribution is -1.99. The van der Waals surface area contributed by atoms with Crippen LogP contribution in [-0.4, -0.2) is 20.9 Å². The van der Waals surface area contributed by atoms with Gasteiger partial charge in [0.05, 0.1) is 6.20 Å². The second kappa shape index (κ2) is 6.54. The summed E-state index contributed by atoms with van der Waals surface area (Å²) in [5.41, 5.74) is 2.13. The molecule has 0 bridgehead atoms. The van der Waals surface area contributed by atoms with E-state index in [9.17, 15) is 4.79 Å². The minimum absolute atomic E-state index is 0.808. The van der Waals surface area contributed by atoms with E-state index in [1.54, 1.807) is 12.3 Å². The van der Waals surface area contributed by atoms with Crippen LogP contribution in [0.3, 0.4) is 0 Å². The summed E-state index contributed by atoms with van der Waals surface area (Å²) in [6.45, 7) is 0.829. The number of carbonyl (C=O) groups is 1. The standard InChI is InChI=1S/C15H16N2O2/c18-15(19)9-8-14-11-16-17(12-14)10-4-7-13-5-2-1-3-6-13/h1-3,5-6,8-9,11-12H,4,7,10H2,(H,18,19)/b9-8+. The Kier molecular flexibility index (Phi) is 4.50. The van der Waals surface area contributed by atoms with Crippen molar-refractivity contribution < 1.29 is 9.90 Å². The molecule has 0 saturated carbocycles. The zero-order chi connectivity index (χ0) is 13.5. The quantitative estimate of drug-likeness (QED) is 0.808. The number of carboxylic acid groups (broad SMARTS) is 1. The second-order valence-corrected chi connectivity index (χ2v) is 4.30. The lowest BCUT2D eigenvalue weighted by atomic mass is 10.1. The smallest absolute Gasteiger partial charge is 0.328 e. The van der Waals surface area contributed by atoms with Crippen molar-refractivity contribution in [3.05, 3.63) is 59.9 Å². The highest BCUT2D eigenvalue weighted by Gasteiger charge is 1.97. The van der Waals surface area contributed by atoms with Gasteiger partial charge in [-0.25, -0.2) is 4.79 Å². The van der Waals surface area contributed by atoms with Crippen molar-refractivity contribution in [3.63, 3.8) is 0 Å². The third kappa shape index (κ3) is 4.43. The van der Waals surface area contributed by atoms with Crippen molar-refractivity contribution in [2.45, 2.75) is 19.4 Å². The molecular formula is C15H16N2O2. The van der Waals surface area contributed by atoms with Gasteiger partial charge in [-0.05, 0) is 24.5 Å². The molecule has 0 atom stereocenters. The van der Waals surface area contributed by atoms with Crippen molar-refractivity contribution in [1.29, 1.82) is 0 Å². The van der Waals surface area contributed by atoms with Crippen LogP contribution in [0.2, 0.25) is 0 Å². The predicted molar refractivity (Wildman–Crippen MR) is 73.7 cm³/mol. The highest BCUT2D eigenvalue weighted by molar-refractivity contribution is 5.85. The van der Waals surface area contributed by atoms with Crippen LogP contribution in [0.25, 0.3) is 6.08 Å². The van der Waals surface area contributed by atoms with Crippen molar-refractivity contribution in [2.24, 2.45) is 0 Å². The number of carboxylic acids is 1. The van der Waals surface area contributed by atoms with Crippen LogP contribution in [-0.2, 0) is 17.8 Å². The third-order valence-corrected chi connectivity index (χ3v) is 2.77. The molecule has 1 heterocycles. The molecule has 2 aromatic rings. The van der Waals surface area contributed by atoms with E-state index in [1.165, 1.54) is 5.56 Å². The Morgan fingerprint density at radius 1 is 1.32 bits per heavy atom. The lowest BCUT2D eigenvalue weighted by molar-refractivity contribution is -0.131. The Bertz CT molecular complexity index is 559. The predicted octanol–water partition coefficient (Wildman–Crippen LogP) is 2.61. The van der Waals surface area contributed by atoms with Gasteiger partial charge in [0.1, 0.15) is 0 Å². The van der Waals surface area contributed by atoms with E-state index in [0.717, 1.165) is 31.0 Å². The summed E-state index contributed by atoms with van der Waals surface area (Å²) >= 11 is 0. The van der Waals surface area contributed by atoms with Crippen LogP contribution >= 0.6 is 0 Å². The number of hydrogen-bond donors (Lipinski definition) is 1. The fourth-order valence-corrected chi connectivity index (χ4v) is 1.85. The molecule has 0 saturated heterocycles. The van der Waals surface area contributed by atoms with Crippen LogP contribution in [0.15, 0.2) is 48.8 Å². The third-order valence-electron chi connectivity index (χ3n) is 2.77. The number of hydrogen-bond acceptors (Lipinski definition) is 2. The van der Waals surface area contributed by atoms with Crippen molar-refractivity contribution in [3.8, 4) is 0 Å². The molecule has 0 aliphatic carbocycles. The van der Waals surface area contributed by atoms with E-state index in [4.69, 9.17) is 5.11 Å². The first-order chi connectivity index (χ1) is 9.24. The average Bonchev–Trinajstić information content (AvgIpc) is 2.86. The Balaban J connectivity index is 1.82. The number of aryl methyl sites for hydroxylation is 2. The zero-order valence-corrected chi connectivity index (χ0v) is 10.6. The van der Waals surface area contributed by atoms with Crippen molar-refractivity contribution in [2.75, 3.05) is 0 Å². The molecule has 0 fully saturated rings. The molecule has 0 radical (unpaired) electrons. The molecule has 98 valence electrons. The van der Waals surface area contributed by atoms with Crippen LogP contribution in [0.4, 0.5) is 0 Å². The number of rotatable bonds is 6. The molecule has 0 spiro atoms. The van der Waals surface area contributed by atoms with Gasteiger partial charge in [0.15, 0.2) is 0 Å². The molecule has 4 heteroatoms. The van der Waals surface area contributed by atoms with Gasteiger partial charge in [-0.15, -0.1) is 0 Å². The lowest BCUT2D eigenvalue weighted by Gasteiger charge is -2.01. The molecular weight excluding hydrogens is 240 g/mol. The normalized spacial score (nSPS) is 10.9. The first kappa shape index (κ1) is 13.1. The maximum atomic E-state index is 10.4. The number of benzene rings is 1. The van der Waals surface area contributed by atoms with Gasteiger partial charge in [-0.3, -0.25) is 4.68 Å². The van der Waals surface area contributed by atoms with Gasteiger partial charge in [-0.2, -0.15) is 5.10 Å². The fraction of sp³-hybridized carbons (Fsp3) is 0.200. The molecule has 0 unspecified atom stereocenters. The SMILES string of the molecule is O=C(O)/C=C/c1cnn(CCCc2ccccc2)c1. The van der Waals surface area contributed by atoms with E-state index in [2.05, 4.69) is 17.2 Å². The fourth-order valence-electron chi connectivity index (χ4n) is 1.85. The van der Waals surface area contributed by atoms with Gasteiger partial charge in [0, 0.05) is 24.4 Å². The summed E-state index contributed by atoms with van der Waals surface area (Å²) in [7, 11) is 0.